The lowest BCUT2D eigenvalue weighted by Crippen LogP contribution is -2.65. The Labute approximate surface area is 221 Å². The van der Waals surface area contributed by atoms with E-state index in [2.05, 4.69) is 31.0 Å². The molecule has 5 atom stereocenters. The molecule has 0 amide bonds. The van der Waals surface area contributed by atoms with Crippen LogP contribution in [0.2, 0.25) is 0 Å². The molecule has 36 heavy (non-hydrogen) atoms. The topological polar surface area (TPSA) is 90.8 Å². The average Bonchev–Trinajstić information content (AvgIpc) is 3.40. The van der Waals surface area contributed by atoms with E-state index in [1.807, 2.05) is 33.8 Å². The van der Waals surface area contributed by atoms with E-state index < -0.39 is 18.7 Å². The van der Waals surface area contributed by atoms with Crippen molar-refractivity contribution in [2.45, 2.75) is 94.5 Å². The van der Waals surface area contributed by atoms with Crippen molar-refractivity contribution in [2.75, 3.05) is 0 Å². The SMILES string of the molecule is Cc1c(C[C@H](Sc2nncs2)B2OC3CC4CC(C4(C)C)[C@]3(C)O2)ccc(O)c1C(=O)OC(C)(C)C. The molecule has 6 rings (SSSR count). The molecular formula is C26H35BN2O5S2. The lowest BCUT2D eigenvalue weighted by molar-refractivity contribution is -0.199. The summed E-state index contributed by atoms with van der Waals surface area (Å²) in [5.41, 5.74) is 2.87. The number of benzene rings is 1. The van der Waals surface area contributed by atoms with Gasteiger partial charge in [-0.25, -0.2) is 4.79 Å². The number of carbonyl (C=O) groups is 1. The third kappa shape index (κ3) is 4.48. The monoisotopic (exact) mass is 530 g/mol. The van der Waals surface area contributed by atoms with Gasteiger partial charge in [0.1, 0.15) is 22.4 Å². The van der Waals surface area contributed by atoms with Crippen molar-refractivity contribution in [1.29, 1.82) is 0 Å². The van der Waals surface area contributed by atoms with E-state index in [-0.39, 0.29) is 33.6 Å². The first-order valence-corrected chi connectivity index (χ1v) is 14.4. The van der Waals surface area contributed by atoms with E-state index in [0.717, 1.165) is 16.3 Å². The van der Waals surface area contributed by atoms with Crippen LogP contribution in [0.15, 0.2) is 22.0 Å². The number of carbonyl (C=O) groups excluding carboxylic acids is 1. The summed E-state index contributed by atoms with van der Waals surface area (Å²) in [7, 11) is -0.415. The number of ether oxygens (including phenoxy) is 1. The first-order valence-electron chi connectivity index (χ1n) is 12.6. The van der Waals surface area contributed by atoms with Gasteiger partial charge in [-0.15, -0.1) is 10.2 Å². The lowest BCUT2D eigenvalue weighted by Gasteiger charge is -2.64. The molecule has 4 fully saturated rings. The molecule has 10 heteroatoms. The van der Waals surface area contributed by atoms with Gasteiger partial charge >= 0.3 is 13.1 Å². The Morgan fingerprint density at radius 2 is 2.08 bits per heavy atom. The van der Waals surface area contributed by atoms with Crippen molar-refractivity contribution >= 4 is 36.2 Å². The number of nitrogens with zero attached hydrogens (tertiary/aromatic N) is 2. The minimum atomic E-state index is -0.659. The van der Waals surface area contributed by atoms with Crippen LogP contribution in [-0.2, 0) is 20.5 Å². The van der Waals surface area contributed by atoms with Crippen LogP contribution >= 0.6 is 23.1 Å². The van der Waals surface area contributed by atoms with Crippen LogP contribution in [-0.4, -0.2) is 50.8 Å². The molecule has 3 saturated carbocycles. The Bertz CT molecular complexity index is 1150. The second kappa shape index (κ2) is 9.00. The van der Waals surface area contributed by atoms with Crippen molar-refractivity contribution < 1.29 is 23.9 Å². The Balaban J connectivity index is 1.43. The molecule has 1 aliphatic heterocycles. The van der Waals surface area contributed by atoms with Gasteiger partial charge in [0.2, 0.25) is 0 Å². The van der Waals surface area contributed by atoms with Gasteiger partial charge in [-0.05, 0) is 88.3 Å². The molecule has 1 N–H and O–H groups in total. The van der Waals surface area contributed by atoms with Crippen LogP contribution in [0.4, 0.5) is 0 Å². The smallest absolute Gasteiger partial charge is 0.472 e. The summed E-state index contributed by atoms with van der Waals surface area (Å²) in [6.45, 7) is 14.2. The Morgan fingerprint density at radius 3 is 2.72 bits per heavy atom. The molecule has 1 aromatic carbocycles. The van der Waals surface area contributed by atoms with E-state index >= 15 is 0 Å². The summed E-state index contributed by atoms with van der Waals surface area (Å²) >= 11 is 3.09. The number of rotatable bonds is 6. The molecule has 7 nitrogen and oxygen atoms in total. The number of esters is 1. The summed E-state index contributed by atoms with van der Waals surface area (Å²) in [5, 5.41) is 18.7. The van der Waals surface area contributed by atoms with Crippen LogP contribution in [0.1, 0.15) is 75.9 Å². The standard InChI is InChI=1S/C26H35BN2O5S2/c1-14-15(8-9-17(30)21(14)22(31)32-24(2,3)4)10-20(36-23-29-28-13-35-23)27-33-19-12-16-11-18(25(16,5)6)26(19,7)34-27/h8-9,13,16,18-20,30H,10-12H2,1-7H3/t16?,18?,19?,20-,26-/m0/s1. The van der Waals surface area contributed by atoms with E-state index in [4.69, 9.17) is 14.0 Å². The first-order chi connectivity index (χ1) is 16.8. The number of phenolic OH excluding ortho intramolecular Hbond substituents is 1. The van der Waals surface area contributed by atoms with Crippen LogP contribution in [0.25, 0.3) is 0 Å². The number of aromatic hydroxyl groups is 1. The molecule has 3 unspecified atom stereocenters. The fourth-order valence-corrected chi connectivity index (χ4v) is 8.21. The maximum atomic E-state index is 12.9. The molecule has 0 spiro atoms. The molecule has 1 saturated heterocycles. The van der Waals surface area contributed by atoms with Crippen LogP contribution in [0.3, 0.4) is 0 Å². The molecule has 2 bridgehead atoms. The number of aromatic nitrogens is 2. The van der Waals surface area contributed by atoms with Crippen LogP contribution in [0.5, 0.6) is 5.75 Å². The fraction of sp³-hybridized carbons (Fsp3) is 0.654. The van der Waals surface area contributed by atoms with E-state index in [1.54, 1.807) is 23.3 Å². The third-order valence-electron chi connectivity index (χ3n) is 8.44. The summed E-state index contributed by atoms with van der Waals surface area (Å²) < 4.78 is 19.8. The van der Waals surface area contributed by atoms with Gasteiger partial charge in [-0.3, -0.25) is 0 Å². The van der Waals surface area contributed by atoms with Crippen molar-refractivity contribution in [1.82, 2.24) is 10.2 Å². The van der Waals surface area contributed by atoms with Gasteiger partial charge in [-0.2, -0.15) is 0 Å². The second-order valence-corrected chi connectivity index (χ2v) is 14.5. The van der Waals surface area contributed by atoms with Crippen molar-refractivity contribution in [3.63, 3.8) is 0 Å². The highest BCUT2D eigenvalue weighted by Gasteiger charge is 2.68. The molecule has 194 valence electrons. The number of hydrogen-bond donors (Lipinski definition) is 1. The van der Waals surface area contributed by atoms with Crippen molar-refractivity contribution in [3.8, 4) is 5.75 Å². The Hall–Kier alpha value is -1.62. The van der Waals surface area contributed by atoms with Gasteiger partial charge in [0.05, 0.1) is 16.9 Å². The molecular weight excluding hydrogens is 495 g/mol. The maximum absolute atomic E-state index is 12.9. The molecule has 4 aliphatic rings. The highest BCUT2D eigenvalue weighted by molar-refractivity contribution is 8.02. The quantitative estimate of drug-likeness (QED) is 0.298. The summed E-state index contributed by atoms with van der Waals surface area (Å²) in [6, 6.07) is 3.44. The van der Waals surface area contributed by atoms with Crippen molar-refractivity contribution in [3.05, 3.63) is 34.3 Å². The van der Waals surface area contributed by atoms with Gasteiger partial charge in [0.15, 0.2) is 4.34 Å². The number of phenols is 1. The number of thioether (sulfide) groups is 1. The summed E-state index contributed by atoms with van der Waals surface area (Å²) in [6.07, 6.45) is 2.88. The first kappa shape index (κ1) is 26.0. The maximum Gasteiger partial charge on any atom is 0.472 e. The van der Waals surface area contributed by atoms with Gasteiger partial charge in [0, 0.05) is 0 Å². The molecule has 0 radical (unpaired) electrons. The van der Waals surface area contributed by atoms with E-state index in [0.29, 0.717) is 23.8 Å². The van der Waals surface area contributed by atoms with Crippen molar-refractivity contribution in [2.24, 2.45) is 17.3 Å². The van der Waals surface area contributed by atoms with E-state index in [1.165, 1.54) is 17.8 Å². The largest absolute Gasteiger partial charge is 0.507 e. The van der Waals surface area contributed by atoms with Gasteiger partial charge in [-0.1, -0.05) is 43.0 Å². The van der Waals surface area contributed by atoms with Gasteiger partial charge in [0.25, 0.3) is 0 Å². The lowest BCUT2D eigenvalue weighted by atomic mass is 9.43. The molecule has 3 aliphatic carbocycles. The zero-order chi connectivity index (χ0) is 26.0. The summed E-state index contributed by atoms with van der Waals surface area (Å²) in [5.74, 6) is 0.544. The van der Waals surface area contributed by atoms with E-state index in [9.17, 15) is 9.90 Å². The van der Waals surface area contributed by atoms with Crippen LogP contribution < -0.4 is 0 Å². The fourth-order valence-electron chi connectivity index (χ4n) is 6.36. The highest BCUT2D eigenvalue weighted by atomic mass is 32.2. The third-order valence-corrected chi connectivity index (χ3v) is 10.5. The second-order valence-electron chi connectivity index (χ2n) is 12.1. The predicted octanol–water partition coefficient (Wildman–Crippen LogP) is 5.48. The average molecular weight is 531 g/mol. The Morgan fingerprint density at radius 1 is 1.33 bits per heavy atom. The minimum Gasteiger partial charge on any atom is -0.507 e. The zero-order valence-electron chi connectivity index (χ0n) is 22.0. The highest BCUT2D eigenvalue weighted by Crippen LogP contribution is 2.66. The summed E-state index contributed by atoms with van der Waals surface area (Å²) in [4.78, 5) is 12.9. The predicted molar refractivity (Wildman–Crippen MR) is 141 cm³/mol. The minimum absolute atomic E-state index is 0.0762. The number of hydrogen-bond acceptors (Lipinski definition) is 9. The van der Waals surface area contributed by atoms with Crippen LogP contribution in [0, 0.1) is 24.2 Å². The zero-order valence-corrected chi connectivity index (χ0v) is 23.7. The Kier molecular flexibility index (Phi) is 6.50. The molecule has 2 heterocycles. The molecule has 1 aromatic heterocycles. The van der Waals surface area contributed by atoms with Gasteiger partial charge < -0.3 is 19.2 Å². The normalized spacial score (nSPS) is 29.4. The molecule has 2 aromatic rings.